The van der Waals surface area contributed by atoms with E-state index in [1.165, 1.54) is 22.5 Å². The molecule has 7 nitrogen and oxygen atoms in total. The summed E-state index contributed by atoms with van der Waals surface area (Å²) < 4.78 is 26.2. The zero-order valence-electron chi connectivity index (χ0n) is 11.5. The number of non-ortho nitro benzene ring substituents is 1. The Hall–Kier alpha value is -1.22. The molecule has 1 fully saturated rings. The standard InChI is InChI=1S/C12H17N3O4S.ClH/c1-9(13)10-5-6-14(8-10)20(18,19)12-4-2-3-11(7-12)15(16)17;/h2-4,7,9-10H,5-6,8,13H2,1H3;1H. The van der Waals surface area contributed by atoms with Crippen LogP contribution in [0.1, 0.15) is 13.3 Å². The minimum atomic E-state index is -3.69. The third-order valence-electron chi connectivity index (χ3n) is 3.60. The molecule has 0 spiro atoms. The molecule has 118 valence electrons. The Labute approximate surface area is 129 Å². The van der Waals surface area contributed by atoms with Crippen molar-refractivity contribution in [2.24, 2.45) is 11.7 Å². The number of nitrogens with two attached hydrogens (primary N) is 1. The summed E-state index contributed by atoms with van der Waals surface area (Å²) in [6, 6.07) is 5.05. The first-order valence-corrected chi connectivity index (χ1v) is 7.76. The van der Waals surface area contributed by atoms with E-state index in [0.717, 1.165) is 6.07 Å². The predicted molar refractivity (Wildman–Crippen MR) is 80.9 cm³/mol. The highest BCUT2D eigenvalue weighted by Crippen LogP contribution is 2.27. The number of rotatable bonds is 4. The predicted octanol–water partition coefficient (Wildman–Crippen LogP) is 1.37. The third kappa shape index (κ3) is 3.70. The second kappa shape index (κ2) is 6.69. The summed E-state index contributed by atoms with van der Waals surface area (Å²) in [7, 11) is -3.69. The average molecular weight is 336 g/mol. The molecule has 1 aromatic rings. The van der Waals surface area contributed by atoms with E-state index in [2.05, 4.69) is 0 Å². The van der Waals surface area contributed by atoms with Gasteiger partial charge in [-0.15, -0.1) is 12.4 Å². The highest BCUT2D eigenvalue weighted by atomic mass is 35.5. The Kier molecular flexibility index (Phi) is 5.68. The molecule has 2 atom stereocenters. The van der Waals surface area contributed by atoms with Crippen molar-refractivity contribution in [2.45, 2.75) is 24.3 Å². The molecule has 9 heteroatoms. The van der Waals surface area contributed by atoms with E-state index in [-0.39, 0.29) is 34.9 Å². The van der Waals surface area contributed by atoms with Crippen LogP contribution in [0.5, 0.6) is 0 Å². The molecule has 1 aliphatic heterocycles. The van der Waals surface area contributed by atoms with Gasteiger partial charge >= 0.3 is 0 Å². The second-order valence-corrected chi connectivity index (χ2v) is 6.96. The molecule has 1 aliphatic rings. The van der Waals surface area contributed by atoms with Crippen LogP contribution < -0.4 is 5.73 Å². The van der Waals surface area contributed by atoms with Gasteiger partial charge in [0.05, 0.1) is 9.82 Å². The van der Waals surface area contributed by atoms with Gasteiger partial charge in [0.15, 0.2) is 0 Å². The highest BCUT2D eigenvalue weighted by Gasteiger charge is 2.34. The molecule has 0 amide bonds. The fraction of sp³-hybridized carbons (Fsp3) is 0.500. The Morgan fingerprint density at radius 2 is 2.14 bits per heavy atom. The molecule has 0 aliphatic carbocycles. The van der Waals surface area contributed by atoms with Gasteiger partial charge in [-0.25, -0.2) is 8.42 Å². The zero-order valence-corrected chi connectivity index (χ0v) is 13.1. The molecule has 2 unspecified atom stereocenters. The normalized spacial score (nSPS) is 20.8. The van der Waals surface area contributed by atoms with Crippen LogP contribution in [0.2, 0.25) is 0 Å². The Morgan fingerprint density at radius 3 is 2.67 bits per heavy atom. The minimum absolute atomic E-state index is 0. The number of nitro benzene ring substituents is 1. The first kappa shape index (κ1) is 17.8. The first-order chi connectivity index (χ1) is 9.32. The smallest absolute Gasteiger partial charge is 0.270 e. The van der Waals surface area contributed by atoms with Gasteiger partial charge in [-0.05, 0) is 25.3 Å². The van der Waals surface area contributed by atoms with Crippen molar-refractivity contribution >= 4 is 28.1 Å². The van der Waals surface area contributed by atoms with Crippen LogP contribution in [0, 0.1) is 16.0 Å². The summed E-state index contributed by atoms with van der Waals surface area (Å²) in [5.41, 5.74) is 5.57. The van der Waals surface area contributed by atoms with E-state index in [1.54, 1.807) is 0 Å². The zero-order chi connectivity index (χ0) is 14.9. The Balaban J connectivity index is 0.00000220. The lowest BCUT2D eigenvalue weighted by Crippen LogP contribution is -2.33. The van der Waals surface area contributed by atoms with Crippen molar-refractivity contribution in [2.75, 3.05) is 13.1 Å². The van der Waals surface area contributed by atoms with Gasteiger partial charge in [-0.1, -0.05) is 6.07 Å². The average Bonchev–Trinajstić information content (AvgIpc) is 2.89. The molecule has 1 aromatic carbocycles. The molecule has 1 saturated heterocycles. The number of hydrogen-bond acceptors (Lipinski definition) is 5. The van der Waals surface area contributed by atoms with E-state index in [9.17, 15) is 18.5 Å². The maximum Gasteiger partial charge on any atom is 0.270 e. The molecular weight excluding hydrogens is 318 g/mol. The van der Waals surface area contributed by atoms with Gasteiger partial charge in [-0.3, -0.25) is 10.1 Å². The first-order valence-electron chi connectivity index (χ1n) is 6.32. The second-order valence-electron chi connectivity index (χ2n) is 5.03. The molecule has 2 rings (SSSR count). The van der Waals surface area contributed by atoms with Crippen molar-refractivity contribution in [1.82, 2.24) is 4.31 Å². The summed E-state index contributed by atoms with van der Waals surface area (Å²) in [5, 5.41) is 10.7. The van der Waals surface area contributed by atoms with E-state index in [0.29, 0.717) is 19.5 Å². The summed E-state index contributed by atoms with van der Waals surface area (Å²) in [5.74, 6) is 0.128. The molecular formula is C12H18ClN3O4S. The van der Waals surface area contributed by atoms with Crippen molar-refractivity contribution in [1.29, 1.82) is 0 Å². The summed E-state index contributed by atoms with van der Waals surface area (Å²) >= 11 is 0. The van der Waals surface area contributed by atoms with E-state index in [1.807, 2.05) is 6.92 Å². The fourth-order valence-corrected chi connectivity index (χ4v) is 3.86. The number of nitro groups is 1. The van der Waals surface area contributed by atoms with Gasteiger partial charge in [0, 0.05) is 31.3 Å². The minimum Gasteiger partial charge on any atom is -0.328 e. The van der Waals surface area contributed by atoms with Gasteiger partial charge in [-0.2, -0.15) is 4.31 Å². The number of sulfonamides is 1. The molecule has 0 bridgehead atoms. The quantitative estimate of drug-likeness (QED) is 0.660. The largest absolute Gasteiger partial charge is 0.328 e. The maximum atomic E-state index is 12.4. The van der Waals surface area contributed by atoms with Crippen molar-refractivity contribution in [3.8, 4) is 0 Å². The lowest BCUT2D eigenvalue weighted by Gasteiger charge is -2.18. The molecule has 0 saturated carbocycles. The Bertz CT molecular complexity index is 621. The number of benzene rings is 1. The van der Waals surface area contributed by atoms with E-state index >= 15 is 0 Å². The molecule has 1 heterocycles. The molecule has 21 heavy (non-hydrogen) atoms. The van der Waals surface area contributed by atoms with Crippen LogP contribution in [0.3, 0.4) is 0 Å². The van der Waals surface area contributed by atoms with Gasteiger partial charge in [0.25, 0.3) is 5.69 Å². The van der Waals surface area contributed by atoms with Crippen LogP contribution in [0.4, 0.5) is 5.69 Å². The monoisotopic (exact) mass is 335 g/mol. The van der Waals surface area contributed by atoms with Gasteiger partial charge < -0.3 is 5.73 Å². The van der Waals surface area contributed by atoms with E-state index in [4.69, 9.17) is 5.73 Å². The number of hydrogen-bond donors (Lipinski definition) is 1. The maximum absolute atomic E-state index is 12.4. The summed E-state index contributed by atoms with van der Waals surface area (Å²) in [4.78, 5) is 10.1. The molecule has 2 N–H and O–H groups in total. The van der Waals surface area contributed by atoms with E-state index < -0.39 is 14.9 Å². The lowest BCUT2D eigenvalue weighted by atomic mass is 10.0. The highest BCUT2D eigenvalue weighted by molar-refractivity contribution is 7.89. The molecule has 0 aromatic heterocycles. The van der Waals surface area contributed by atoms with Crippen molar-refractivity contribution < 1.29 is 13.3 Å². The lowest BCUT2D eigenvalue weighted by molar-refractivity contribution is -0.385. The van der Waals surface area contributed by atoms with Gasteiger partial charge in [0.1, 0.15) is 0 Å². The molecule has 0 radical (unpaired) electrons. The van der Waals surface area contributed by atoms with Crippen LogP contribution in [0.15, 0.2) is 29.2 Å². The summed E-state index contributed by atoms with van der Waals surface area (Å²) in [6.07, 6.45) is 0.714. The third-order valence-corrected chi connectivity index (χ3v) is 5.46. The van der Waals surface area contributed by atoms with Crippen molar-refractivity contribution in [3.05, 3.63) is 34.4 Å². The van der Waals surface area contributed by atoms with Crippen LogP contribution in [-0.4, -0.2) is 36.8 Å². The Morgan fingerprint density at radius 1 is 1.48 bits per heavy atom. The SMILES string of the molecule is CC(N)C1CCN(S(=O)(=O)c2cccc([N+](=O)[O-])c2)C1.Cl. The van der Waals surface area contributed by atoms with Crippen LogP contribution in [0.25, 0.3) is 0 Å². The van der Waals surface area contributed by atoms with Gasteiger partial charge in [0.2, 0.25) is 10.0 Å². The number of nitrogens with zero attached hydrogens (tertiary/aromatic N) is 2. The summed E-state index contributed by atoms with van der Waals surface area (Å²) in [6.45, 7) is 2.62. The number of halogens is 1. The topological polar surface area (TPSA) is 107 Å². The van der Waals surface area contributed by atoms with Crippen LogP contribution >= 0.6 is 12.4 Å². The van der Waals surface area contributed by atoms with Crippen molar-refractivity contribution in [3.63, 3.8) is 0 Å². The fourth-order valence-electron chi connectivity index (χ4n) is 2.31. The van der Waals surface area contributed by atoms with Crippen LogP contribution in [-0.2, 0) is 10.0 Å².